The molecule has 4 aromatic rings. The molecular formula is C47H58BrClN12O8S3. The molecule has 2 fully saturated rings. The molecule has 6 heterocycles. The van der Waals surface area contributed by atoms with Gasteiger partial charge in [0.1, 0.15) is 35.0 Å². The number of hydrogen-bond acceptors (Lipinski definition) is 15. The molecule has 2 saturated heterocycles. The number of primary amides is 1. The summed E-state index contributed by atoms with van der Waals surface area (Å²) >= 11 is 13.7. The maximum absolute atomic E-state index is 14.1. The number of nitrogens with two attached hydrogens (primary N) is 1. The molecular weight excluding hydrogens is 1070 g/mol. The number of thiophene rings is 2. The molecule has 0 aliphatic carbocycles. The average molecular weight is 1130 g/mol. The summed E-state index contributed by atoms with van der Waals surface area (Å²) in [5.41, 5.74) is 8.49. The number of aliphatic hydroxyl groups is 1. The Morgan fingerprint density at radius 2 is 1.65 bits per heavy atom. The number of aryl methyl sites for hydroxylation is 2. The van der Waals surface area contributed by atoms with Crippen LogP contribution < -0.4 is 37.6 Å². The lowest BCUT2D eigenvalue weighted by atomic mass is 9.86. The summed E-state index contributed by atoms with van der Waals surface area (Å²) in [6.07, 6.45) is -0.973. The highest BCUT2D eigenvalue weighted by Crippen LogP contribution is 2.40. The van der Waals surface area contributed by atoms with Crippen LogP contribution in [0.5, 0.6) is 0 Å². The number of thioether (sulfide) groups is 1. The molecule has 0 bridgehead atoms. The highest BCUT2D eigenvalue weighted by atomic mass is 79.9. The van der Waals surface area contributed by atoms with Crippen molar-refractivity contribution in [3.8, 4) is 5.00 Å². The van der Waals surface area contributed by atoms with Crippen molar-refractivity contribution in [1.82, 2.24) is 51.6 Å². The lowest BCUT2D eigenvalue weighted by Crippen LogP contribution is -2.58. The molecule has 25 heteroatoms. The maximum Gasteiger partial charge on any atom is 0.245 e. The largest absolute Gasteiger partial charge is 0.392 e. The van der Waals surface area contributed by atoms with Gasteiger partial charge in [-0.1, -0.05) is 44.5 Å². The van der Waals surface area contributed by atoms with Gasteiger partial charge in [0.25, 0.3) is 0 Å². The smallest absolute Gasteiger partial charge is 0.245 e. The Hall–Kier alpha value is -5.24. The molecule has 386 valence electrons. The first-order valence-corrected chi connectivity index (χ1v) is 27.2. The number of halogens is 2. The van der Waals surface area contributed by atoms with Gasteiger partial charge in [-0.2, -0.15) is 0 Å². The Labute approximate surface area is 442 Å². The Morgan fingerprint density at radius 3 is 2.33 bits per heavy atom. The molecule has 0 spiro atoms. The molecule has 7 amide bonds. The molecule has 1 aromatic carbocycles. The summed E-state index contributed by atoms with van der Waals surface area (Å²) in [7, 11) is 0. The number of aliphatic hydroxyl groups excluding tert-OH is 1. The van der Waals surface area contributed by atoms with Crippen LogP contribution in [-0.2, 0) is 40.0 Å². The van der Waals surface area contributed by atoms with Crippen LogP contribution in [0.15, 0.2) is 45.2 Å². The van der Waals surface area contributed by atoms with E-state index >= 15 is 0 Å². The summed E-state index contributed by atoms with van der Waals surface area (Å²) < 4.78 is 2.69. The number of carbonyl (C=O) groups excluding carboxylic acids is 7. The van der Waals surface area contributed by atoms with Crippen molar-refractivity contribution in [1.29, 1.82) is 0 Å². The third kappa shape index (κ3) is 13.3. The third-order valence-corrected chi connectivity index (χ3v) is 16.8. The number of rotatable bonds is 8. The van der Waals surface area contributed by atoms with Gasteiger partial charge in [0.2, 0.25) is 41.4 Å². The van der Waals surface area contributed by atoms with E-state index in [1.807, 2.05) is 58.2 Å². The monoisotopic (exact) mass is 1130 g/mol. The van der Waals surface area contributed by atoms with Crippen LogP contribution in [0.1, 0.15) is 77.7 Å². The van der Waals surface area contributed by atoms with Gasteiger partial charge in [0.05, 0.1) is 40.4 Å². The summed E-state index contributed by atoms with van der Waals surface area (Å²) in [5.74, 6) is -4.09. The van der Waals surface area contributed by atoms with Crippen LogP contribution in [0.25, 0.3) is 5.00 Å². The number of aliphatic imine (C=N–C) groups is 1. The van der Waals surface area contributed by atoms with E-state index in [1.54, 1.807) is 40.5 Å². The van der Waals surface area contributed by atoms with Gasteiger partial charge in [-0.25, -0.2) is 0 Å². The third-order valence-electron chi connectivity index (χ3n) is 12.6. The molecule has 7 atom stereocenters. The number of nitrogens with zero attached hydrogens (tertiary/aromatic N) is 5. The van der Waals surface area contributed by atoms with Gasteiger partial charge >= 0.3 is 0 Å². The van der Waals surface area contributed by atoms with Crippen LogP contribution >= 0.6 is 62.0 Å². The van der Waals surface area contributed by atoms with Gasteiger partial charge < -0.3 is 42.7 Å². The first kappa shape index (κ1) is 54.5. The van der Waals surface area contributed by atoms with E-state index in [4.69, 9.17) is 22.3 Å². The lowest BCUT2D eigenvalue weighted by molar-refractivity contribution is -0.133. The van der Waals surface area contributed by atoms with E-state index in [1.165, 1.54) is 11.3 Å². The molecule has 0 unspecified atom stereocenters. The SMILES string of the molecule is Cc1sc2c(c1C)C(c1ccc(Cl)cc1)=N[C@@H](CC(=O)NC[C@H]1NC(=O)CNC(=O)[C@@H](Cc3ccc(Br)s3)NC(=O)[C@@H]3C[C@@H](O)CN3C[C@H](C(C)(C)C)NC(=O)CSC[C@H](C(N)=O)NC1=O)c1nnc(C)n1-2. The van der Waals surface area contributed by atoms with Crippen molar-refractivity contribution < 1.29 is 38.7 Å². The fourth-order valence-corrected chi connectivity index (χ4v) is 12.3. The predicted octanol–water partition coefficient (Wildman–Crippen LogP) is 2.14. The molecule has 9 N–H and O–H groups in total. The highest BCUT2D eigenvalue weighted by Gasteiger charge is 2.41. The molecule has 72 heavy (non-hydrogen) atoms. The van der Waals surface area contributed by atoms with Crippen LogP contribution in [0.4, 0.5) is 0 Å². The summed E-state index contributed by atoms with van der Waals surface area (Å²) in [5, 5.41) is 37.3. The number of fused-ring (bicyclic) bond motifs is 4. The minimum atomic E-state index is -1.51. The molecule has 0 radical (unpaired) electrons. The lowest BCUT2D eigenvalue weighted by Gasteiger charge is -2.36. The fraction of sp³-hybridized carbons (Fsp3) is 0.489. The van der Waals surface area contributed by atoms with Crippen molar-refractivity contribution >= 4 is 109 Å². The van der Waals surface area contributed by atoms with E-state index in [2.05, 4.69) is 58.0 Å². The number of amides is 7. The number of hydrogen-bond donors (Lipinski definition) is 8. The van der Waals surface area contributed by atoms with Gasteiger partial charge in [0, 0.05) is 63.8 Å². The summed E-state index contributed by atoms with van der Waals surface area (Å²) in [4.78, 5) is 105. The first-order chi connectivity index (χ1) is 34.1. The van der Waals surface area contributed by atoms with Crippen LogP contribution in [0.3, 0.4) is 0 Å². The predicted molar refractivity (Wildman–Crippen MR) is 279 cm³/mol. The van der Waals surface area contributed by atoms with Gasteiger partial charge in [-0.3, -0.25) is 48.0 Å². The Morgan fingerprint density at radius 1 is 0.917 bits per heavy atom. The van der Waals surface area contributed by atoms with Crippen LogP contribution in [0, 0.1) is 26.2 Å². The second kappa shape index (κ2) is 23.3. The fourth-order valence-electron chi connectivity index (χ4n) is 8.58. The molecule has 3 aliphatic heterocycles. The zero-order valence-corrected chi connectivity index (χ0v) is 45.3. The number of carbonyl (C=O) groups is 7. The van der Waals surface area contributed by atoms with Crippen molar-refractivity contribution in [3.63, 3.8) is 0 Å². The zero-order valence-electron chi connectivity index (χ0n) is 40.5. The van der Waals surface area contributed by atoms with E-state index in [-0.39, 0.29) is 49.8 Å². The van der Waals surface area contributed by atoms with Gasteiger partial charge in [-0.05, 0) is 78.4 Å². The standard InChI is InChI=1S/C47H58BrClN12O8S3/c1-22-23(2)71-46-39(22)40(25-7-9-26(49)10-8-25)54-29(42-59-58-24(3)61(42)46)15-36(63)51-16-31-44(68)56-32(41(50)66)20-70-21-38(65)57-34(47(4,5)6)19-60-18-27(62)13-33(60)45(69)55-30(14-28-11-12-35(48)72-28)43(67)52-17-37(64)53-31/h7-12,27,29-34,62H,13-21H2,1-6H3,(H2,50,66)(H,51,63)(H,52,67)(H,53,64)(H,55,69)(H,56,68)(H,57,65)/t27-,29+,30-,31-,32-,33+,34-/m1/s1. The van der Waals surface area contributed by atoms with Gasteiger partial charge in [-0.15, -0.1) is 44.6 Å². The quantitative estimate of drug-likeness (QED) is 0.126. The van der Waals surface area contributed by atoms with Crippen molar-refractivity contribution in [2.24, 2.45) is 16.1 Å². The van der Waals surface area contributed by atoms with Crippen molar-refractivity contribution in [3.05, 3.63) is 83.3 Å². The maximum atomic E-state index is 14.1. The van der Waals surface area contributed by atoms with E-state index in [0.29, 0.717) is 22.4 Å². The second-order valence-electron chi connectivity index (χ2n) is 19.0. The number of aromatic nitrogens is 3. The summed E-state index contributed by atoms with van der Waals surface area (Å²) in [6.45, 7) is 10.8. The Bertz CT molecular complexity index is 2760. The first-order valence-electron chi connectivity index (χ1n) is 23.2. The van der Waals surface area contributed by atoms with E-state index in [0.717, 1.165) is 47.0 Å². The molecule has 0 saturated carbocycles. The van der Waals surface area contributed by atoms with Crippen molar-refractivity contribution in [2.75, 3.05) is 37.7 Å². The van der Waals surface area contributed by atoms with E-state index in [9.17, 15) is 38.7 Å². The van der Waals surface area contributed by atoms with Crippen LogP contribution in [-0.4, -0.2) is 146 Å². The average Bonchev–Trinajstić information content (AvgIpc) is 4.07. The Balaban J connectivity index is 1.14. The summed E-state index contributed by atoms with van der Waals surface area (Å²) in [6, 6.07) is 4.60. The number of nitrogens with one attached hydrogen (secondary N) is 6. The van der Waals surface area contributed by atoms with Crippen LogP contribution in [0.2, 0.25) is 5.02 Å². The molecule has 20 nitrogen and oxygen atoms in total. The minimum Gasteiger partial charge on any atom is -0.392 e. The Kier molecular flexibility index (Phi) is 17.7. The molecule has 7 rings (SSSR count). The molecule has 3 aromatic heterocycles. The van der Waals surface area contributed by atoms with Crippen molar-refractivity contribution in [2.45, 2.75) is 103 Å². The normalized spacial score (nSPS) is 24.2. The minimum absolute atomic E-state index is 0.0597. The number of benzene rings is 1. The highest BCUT2D eigenvalue weighted by molar-refractivity contribution is 9.11. The molecule has 3 aliphatic rings. The zero-order chi connectivity index (χ0) is 52.2. The van der Waals surface area contributed by atoms with Gasteiger partial charge in [0.15, 0.2) is 5.82 Å². The topological polar surface area (TPSA) is 284 Å². The second-order valence-corrected chi connectivity index (χ2v) is 24.3. The van der Waals surface area contributed by atoms with E-state index < -0.39 is 96.3 Å².